The van der Waals surface area contributed by atoms with Crippen LogP contribution in [0.15, 0.2) is 35.4 Å². The van der Waals surface area contributed by atoms with E-state index in [4.69, 9.17) is 4.74 Å². The Labute approximate surface area is 135 Å². The van der Waals surface area contributed by atoms with E-state index < -0.39 is 0 Å². The molecule has 23 heavy (non-hydrogen) atoms. The van der Waals surface area contributed by atoms with Crippen LogP contribution in [0, 0.1) is 0 Å². The van der Waals surface area contributed by atoms with Crippen LogP contribution in [0.4, 0.5) is 0 Å². The quantitative estimate of drug-likeness (QED) is 0.715. The van der Waals surface area contributed by atoms with E-state index in [1.165, 1.54) is 10.9 Å². The molecule has 2 aromatic rings. The highest BCUT2D eigenvalue weighted by molar-refractivity contribution is 5.78. The fraction of sp³-hybridized carbons (Fsp3) is 0.471. The Bertz CT molecular complexity index is 697. The molecule has 0 aliphatic heterocycles. The van der Waals surface area contributed by atoms with Crippen LogP contribution in [-0.4, -0.2) is 35.2 Å². The average molecular weight is 317 g/mol. The van der Waals surface area contributed by atoms with Gasteiger partial charge in [-0.15, -0.1) is 0 Å². The third kappa shape index (κ3) is 5.17. The van der Waals surface area contributed by atoms with E-state index in [2.05, 4.69) is 17.2 Å². The van der Waals surface area contributed by atoms with E-state index in [9.17, 15) is 9.59 Å². The Morgan fingerprint density at radius 3 is 2.87 bits per heavy atom. The van der Waals surface area contributed by atoms with Gasteiger partial charge in [0.05, 0.1) is 17.2 Å². The van der Waals surface area contributed by atoms with E-state index in [0.717, 1.165) is 25.9 Å². The first-order chi connectivity index (χ1) is 11.2. The van der Waals surface area contributed by atoms with Gasteiger partial charge in [0.25, 0.3) is 5.56 Å². The lowest BCUT2D eigenvalue weighted by atomic mass is 10.2. The predicted octanol–water partition coefficient (Wildman–Crippen LogP) is 1.72. The fourth-order valence-electron chi connectivity index (χ4n) is 2.18. The number of carbonyl (C=O) groups is 1. The number of nitrogens with one attached hydrogen (secondary N) is 1. The highest BCUT2D eigenvalue weighted by atomic mass is 16.5. The van der Waals surface area contributed by atoms with E-state index in [1.807, 2.05) is 6.07 Å². The highest BCUT2D eigenvalue weighted by Gasteiger charge is 2.07. The highest BCUT2D eigenvalue weighted by Crippen LogP contribution is 2.04. The van der Waals surface area contributed by atoms with Crippen molar-refractivity contribution in [1.82, 2.24) is 14.9 Å². The summed E-state index contributed by atoms with van der Waals surface area (Å²) < 4.78 is 6.75. The molecule has 0 saturated heterocycles. The van der Waals surface area contributed by atoms with Crippen molar-refractivity contribution in [2.24, 2.45) is 0 Å². The van der Waals surface area contributed by atoms with Crippen LogP contribution in [0.3, 0.4) is 0 Å². The van der Waals surface area contributed by atoms with E-state index >= 15 is 0 Å². The third-order valence-corrected chi connectivity index (χ3v) is 3.48. The first-order valence-corrected chi connectivity index (χ1v) is 8.01. The summed E-state index contributed by atoms with van der Waals surface area (Å²) >= 11 is 0. The minimum atomic E-state index is -0.200. The molecule has 6 nitrogen and oxygen atoms in total. The number of nitrogens with zero attached hydrogens (tertiary/aromatic N) is 2. The SMILES string of the molecule is CCCCOCCCNC(=O)Cn1cnc2ccccc2c1=O. The summed E-state index contributed by atoms with van der Waals surface area (Å²) in [6.07, 6.45) is 4.36. The van der Waals surface area contributed by atoms with Crippen molar-refractivity contribution in [1.29, 1.82) is 0 Å². The average Bonchev–Trinajstić information content (AvgIpc) is 2.57. The molecule has 6 heteroatoms. The maximum absolute atomic E-state index is 12.3. The van der Waals surface area contributed by atoms with Gasteiger partial charge in [-0.1, -0.05) is 25.5 Å². The summed E-state index contributed by atoms with van der Waals surface area (Å²) in [5.41, 5.74) is 0.437. The summed E-state index contributed by atoms with van der Waals surface area (Å²) in [7, 11) is 0. The molecule has 0 saturated carbocycles. The molecule has 0 unspecified atom stereocenters. The minimum absolute atomic E-state index is 0.0205. The number of hydrogen-bond acceptors (Lipinski definition) is 4. The zero-order valence-electron chi connectivity index (χ0n) is 13.5. The van der Waals surface area contributed by atoms with Crippen LogP contribution in [0.1, 0.15) is 26.2 Å². The molecular formula is C17H23N3O3. The fourth-order valence-corrected chi connectivity index (χ4v) is 2.18. The molecule has 0 fully saturated rings. The van der Waals surface area contributed by atoms with Gasteiger partial charge >= 0.3 is 0 Å². The van der Waals surface area contributed by atoms with Crippen molar-refractivity contribution in [2.45, 2.75) is 32.7 Å². The molecule has 1 heterocycles. The van der Waals surface area contributed by atoms with Gasteiger partial charge < -0.3 is 10.1 Å². The first kappa shape index (κ1) is 17.1. The lowest BCUT2D eigenvalue weighted by Crippen LogP contribution is -2.33. The van der Waals surface area contributed by atoms with Gasteiger partial charge in [0.1, 0.15) is 6.54 Å². The number of hydrogen-bond donors (Lipinski definition) is 1. The molecule has 1 N–H and O–H groups in total. The molecule has 1 aromatic carbocycles. The maximum atomic E-state index is 12.3. The van der Waals surface area contributed by atoms with Crippen molar-refractivity contribution in [2.75, 3.05) is 19.8 Å². The number of para-hydroxylation sites is 1. The van der Waals surface area contributed by atoms with Gasteiger partial charge in [0, 0.05) is 19.8 Å². The summed E-state index contributed by atoms with van der Waals surface area (Å²) in [5.74, 6) is -0.197. The Kier molecular flexibility index (Phi) is 6.75. The molecule has 124 valence electrons. The lowest BCUT2D eigenvalue weighted by molar-refractivity contribution is -0.121. The smallest absolute Gasteiger partial charge is 0.261 e. The first-order valence-electron chi connectivity index (χ1n) is 8.01. The Balaban J connectivity index is 1.79. The zero-order valence-corrected chi connectivity index (χ0v) is 13.5. The molecule has 0 spiro atoms. The van der Waals surface area contributed by atoms with Gasteiger partial charge in [0.2, 0.25) is 5.91 Å². The number of carbonyl (C=O) groups excluding carboxylic acids is 1. The molecule has 2 rings (SSSR count). The Hall–Kier alpha value is -2.21. The van der Waals surface area contributed by atoms with Gasteiger partial charge in [-0.3, -0.25) is 14.2 Å². The number of unbranched alkanes of at least 4 members (excludes halogenated alkanes) is 1. The molecular weight excluding hydrogens is 294 g/mol. The number of aromatic nitrogens is 2. The summed E-state index contributed by atoms with van der Waals surface area (Å²) in [5, 5.41) is 3.31. The van der Waals surface area contributed by atoms with Gasteiger partial charge in [-0.25, -0.2) is 4.98 Å². The molecule has 0 radical (unpaired) electrons. The molecule has 0 atom stereocenters. The van der Waals surface area contributed by atoms with Crippen molar-refractivity contribution in [3.8, 4) is 0 Å². The standard InChI is InChI=1S/C17H23N3O3/c1-2-3-10-23-11-6-9-18-16(21)12-20-13-19-15-8-5-4-7-14(15)17(20)22/h4-5,7-8,13H,2-3,6,9-12H2,1H3,(H,18,21). The van der Waals surface area contributed by atoms with Gasteiger partial charge in [-0.05, 0) is 25.0 Å². The molecule has 1 aromatic heterocycles. The summed E-state index contributed by atoms with van der Waals surface area (Å²) in [6.45, 7) is 4.04. The van der Waals surface area contributed by atoms with Crippen LogP contribution < -0.4 is 10.9 Å². The number of benzene rings is 1. The lowest BCUT2D eigenvalue weighted by Gasteiger charge is -2.08. The van der Waals surface area contributed by atoms with Crippen molar-refractivity contribution < 1.29 is 9.53 Å². The Morgan fingerprint density at radius 1 is 1.26 bits per heavy atom. The second-order valence-electron chi connectivity index (χ2n) is 5.36. The zero-order chi connectivity index (χ0) is 16.5. The van der Waals surface area contributed by atoms with Gasteiger partial charge in [0.15, 0.2) is 0 Å². The largest absolute Gasteiger partial charge is 0.381 e. The third-order valence-electron chi connectivity index (χ3n) is 3.48. The summed E-state index contributed by atoms with van der Waals surface area (Å²) in [4.78, 5) is 28.4. The normalized spacial score (nSPS) is 10.8. The van der Waals surface area contributed by atoms with E-state index in [0.29, 0.717) is 24.1 Å². The van der Waals surface area contributed by atoms with E-state index in [-0.39, 0.29) is 18.0 Å². The maximum Gasteiger partial charge on any atom is 0.261 e. The number of ether oxygens (including phenoxy) is 1. The topological polar surface area (TPSA) is 73.2 Å². The van der Waals surface area contributed by atoms with Crippen molar-refractivity contribution in [3.63, 3.8) is 0 Å². The van der Waals surface area contributed by atoms with Crippen LogP contribution in [0.25, 0.3) is 10.9 Å². The molecule has 0 aliphatic carbocycles. The van der Waals surface area contributed by atoms with Crippen molar-refractivity contribution in [3.05, 3.63) is 40.9 Å². The molecule has 1 amide bonds. The van der Waals surface area contributed by atoms with Gasteiger partial charge in [-0.2, -0.15) is 0 Å². The van der Waals surface area contributed by atoms with Crippen LogP contribution in [0.5, 0.6) is 0 Å². The molecule has 0 bridgehead atoms. The second kappa shape index (κ2) is 9.05. The van der Waals surface area contributed by atoms with Crippen LogP contribution in [0.2, 0.25) is 0 Å². The second-order valence-corrected chi connectivity index (χ2v) is 5.36. The van der Waals surface area contributed by atoms with Crippen LogP contribution in [-0.2, 0) is 16.1 Å². The monoisotopic (exact) mass is 317 g/mol. The number of fused-ring (bicyclic) bond motifs is 1. The number of amides is 1. The minimum Gasteiger partial charge on any atom is -0.381 e. The van der Waals surface area contributed by atoms with Crippen molar-refractivity contribution >= 4 is 16.8 Å². The Morgan fingerprint density at radius 2 is 2.04 bits per heavy atom. The predicted molar refractivity (Wildman–Crippen MR) is 89.4 cm³/mol. The van der Waals surface area contributed by atoms with Crippen LogP contribution >= 0.6 is 0 Å². The molecule has 0 aliphatic rings. The number of rotatable bonds is 9. The summed E-state index contributed by atoms with van der Waals surface area (Å²) in [6, 6.07) is 7.11. The van der Waals surface area contributed by atoms with E-state index in [1.54, 1.807) is 18.2 Å².